The van der Waals surface area contributed by atoms with Gasteiger partial charge in [0.05, 0.1) is 13.2 Å². The Balaban J connectivity index is 3.69. The number of amides is 1. The van der Waals surface area contributed by atoms with E-state index in [0.717, 1.165) is 57.8 Å². The number of hydrogen-bond acceptors (Lipinski definition) is 7. The Hall–Kier alpha value is -2.81. The summed E-state index contributed by atoms with van der Waals surface area (Å²) in [4.78, 5) is 33.9. The zero-order chi connectivity index (χ0) is 43.2. The molecule has 3 N–H and O–H groups in total. The Labute approximate surface area is 360 Å². The molecule has 0 aromatic rings. The van der Waals surface area contributed by atoms with Crippen molar-refractivity contribution in [3.05, 3.63) is 85.1 Å². The van der Waals surface area contributed by atoms with E-state index in [-0.39, 0.29) is 32.1 Å². The van der Waals surface area contributed by atoms with E-state index in [1.165, 1.54) is 89.9 Å². The fourth-order valence-electron chi connectivity index (χ4n) is 5.87. The van der Waals surface area contributed by atoms with Crippen molar-refractivity contribution in [3.8, 4) is 0 Å². The second-order valence-electron chi connectivity index (χ2n) is 15.0. The van der Waals surface area contributed by atoms with Crippen molar-refractivity contribution < 1.29 is 37.9 Å². The standard InChI is InChI=1S/C49H84NO8P/c1-3-5-7-9-11-13-15-17-19-21-23-25-27-29-31-33-35-37-39-41-48(52)50-43-44-57-59(54,55)58-46-47(51)45-56-49(53)42-40-38-36-34-32-30-28-26-24-22-20-18-16-14-12-10-8-6-4-2/h6,8,12,14,17-20,24,26,30,32,36,38,47,51H,3-5,7,9-11,13,15-16,21-23,25,27-29,31,33-35,37,39-46H2,1-2H3,(H,50,52)(H,54,55)/b8-6-,14-12-,19-17+,20-18-,26-24-,32-30-,38-36-. The van der Waals surface area contributed by atoms with Crippen LogP contribution in [0.15, 0.2) is 85.1 Å². The fourth-order valence-corrected chi connectivity index (χ4v) is 6.63. The number of carbonyl (C=O) groups excluding carboxylic acids is 2. The monoisotopic (exact) mass is 846 g/mol. The molecule has 0 aliphatic carbocycles. The normalized spacial score (nSPS) is 14.0. The van der Waals surface area contributed by atoms with E-state index >= 15 is 0 Å². The second-order valence-corrected chi connectivity index (χ2v) is 16.4. The number of unbranched alkanes of at least 4 members (excludes halogenated alkanes) is 15. The van der Waals surface area contributed by atoms with Crippen molar-refractivity contribution in [1.82, 2.24) is 5.32 Å². The number of phosphoric acid groups is 1. The van der Waals surface area contributed by atoms with Gasteiger partial charge in [0.15, 0.2) is 0 Å². The fraction of sp³-hybridized carbons (Fsp3) is 0.673. The van der Waals surface area contributed by atoms with E-state index in [4.69, 9.17) is 13.8 Å². The van der Waals surface area contributed by atoms with Crippen molar-refractivity contribution in [2.45, 2.75) is 187 Å². The number of phosphoric ester groups is 1. The number of aliphatic hydroxyl groups is 1. The minimum Gasteiger partial charge on any atom is -0.463 e. The van der Waals surface area contributed by atoms with Gasteiger partial charge in [0.2, 0.25) is 5.91 Å². The molecule has 0 rings (SSSR count). The highest BCUT2D eigenvalue weighted by Gasteiger charge is 2.23. The van der Waals surface area contributed by atoms with Gasteiger partial charge in [-0.25, -0.2) is 4.57 Å². The first-order valence-electron chi connectivity index (χ1n) is 23.1. The number of rotatable bonds is 42. The molecule has 2 unspecified atom stereocenters. The molecule has 0 aliphatic heterocycles. The van der Waals surface area contributed by atoms with Gasteiger partial charge in [-0.05, 0) is 77.0 Å². The zero-order valence-electron chi connectivity index (χ0n) is 37.2. The number of nitrogens with one attached hydrogen (secondary N) is 1. The molecule has 0 saturated heterocycles. The summed E-state index contributed by atoms with van der Waals surface area (Å²) in [6.45, 7) is 3.34. The maximum absolute atomic E-state index is 12.1. The molecule has 0 bridgehead atoms. The van der Waals surface area contributed by atoms with Crippen LogP contribution in [-0.2, 0) is 27.9 Å². The summed E-state index contributed by atoms with van der Waals surface area (Å²) >= 11 is 0. The first-order chi connectivity index (χ1) is 28.8. The average molecular weight is 846 g/mol. The number of allylic oxidation sites excluding steroid dienone is 14. The molecule has 0 aromatic carbocycles. The molecular weight excluding hydrogens is 762 g/mol. The lowest BCUT2D eigenvalue weighted by Gasteiger charge is -2.15. The molecule has 338 valence electrons. The first kappa shape index (κ1) is 56.2. The molecule has 0 spiro atoms. The van der Waals surface area contributed by atoms with Crippen molar-refractivity contribution in [3.63, 3.8) is 0 Å². The van der Waals surface area contributed by atoms with Crippen LogP contribution in [0.2, 0.25) is 0 Å². The van der Waals surface area contributed by atoms with Crippen LogP contribution < -0.4 is 5.32 Å². The van der Waals surface area contributed by atoms with E-state index in [2.05, 4.69) is 92.1 Å². The van der Waals surface area contributed by atoms with Crippen LogP contribution in [0.3, 0.4) is 0 Å². The maximum atomic E-state index is 12.1. The maximum Gasteiger partial charge on any atom is 0.472 e. The van der Waals surface area contributed by atoms with Crippen molar-refractivity contribution in [2.75, 3.05) is 26.4 Å². The van der Waals surface area contributed by atoms with E-state index in [1.54, 1.807) is 0 Å². The lowest BCUT2D eigenvalue weighted by Crippen LogP contribution is -2.27. The zero-order valence-corrected chi connectivity index (χ0v) is 38.1. The molecule has 2 atom stereocenters. The van der Waals surface area contributed by atoms with Crippen LogP contribution in [0.4, 0.5) is 0 Å². The van der Waals surface area contributed by atoms with Crippen LogP contribution in [0.25, 0.3) is 0 Å². The molecule has 9 nitrogen and oxygen atoms in total. The third-order valence-electron chi connectivity index (χ3n) is 9.32. The number of aliphatic hydroxyl groups excluding tert-OH is 1. The summed E-state index contributed by atoms with van der Waals surface area (Å²) in [5, 5.41) is 12.7. The van der Waals surface area contributed by atoms with Gasteiger partial charge < -0.3 is 20.1 Å². The first-order valence-corrected chi connectivity index (χ1v) is 24.6. The van der Waals surface area contributed by atoms with Crippen LogP contribution in [0.5, 0.6) is 0 Å². The highest BCUT2D eigenvalue weighted by molar-refractivity contribution is 7.47. The molecular formula is C49H84NO8P. The summed E-state index contributed by atoms with van der Waals surface area (Å²) < 4.78 is 26.8. The third kappa shape index (κ3) is 46.1. The minimum absolute atomic E-state index is 0.0680. The molecule has 0 heterocycles. The molecule has 0 saturated carbocycles. The summed E-state index contributed by atoms with van der Waals surface area (Å²) in [6.07, 6.45) is 56.7. The van der Waals surface area contributed by atoms with Crippen molar-refractivity contribution in [1.29, 1.82) is 0 Å². The Kier molecular flexibility index (Phi) is 42.6. The molecule has 0 aliphatic rings. The van der Waals surface area contributed by atoms with Gasteiger partial charge in [-0.3, -0.25) is 18.6 Å². The lowest BCUT2D eigenvalue weighted by molar-refractivity contribution is -0.147. The van der Waals surface area contributed by atoms with Crippen LogP contribution in [0.1, 0.15) is 181 Å². The summed E-state index contributed by atoms with van der Waals surface area (Å²) in [6, 6.07) is 0. The second kappa shape index (κ2) is 44.7. The topological polar surface area (TPSA) is 131 Å². The van der Waals surface area contributed by atoms with Crippen LogP contribution in [-0.4, -0.2) is 54.3 Å². The highest BCUT2D eigenvalue weighted by atomic mass is 31.2. The Morgan fingerprint density at radius 1 is 0.542 bits per heavy atom. The molecule has 10 heteroatoms. The van der Waals surface area contributed by atoms with Gasteiger partial charge >= 0.3 is 13.8 Å². The third-order valence-corrected chi connectivity index (χ3v) is 10.3. The van der Waals surface area contributed by atoms with Crippen molar-refractivity contribution >= 4 is 19.7 Å². The molecule has 1 amide bonds. The van der Waals surface area contributed by atoms with Gasteiger partial charge in [0.1, 0.15) is 12.7 Å². The Morgan fingerprint density at radius 2 is 0.983 bits per heavy atom. The smallest absolute Gasteiger partial charge is 0.463 e. The predicted octanol–water partition coefficient (Wildman–Crippen LogP) is 13.2. The SMILES string of the molecule is CC/C=C\C/C=C\C/C=C\C/C=C\C/C=C\C/C=C\CCC(=O)OCC(O)COP(=O)(O)OCCNC(=O)CCCCCCCCCCC/C=C/CCCCCCCC. The number of hydrogen-bond donors (Lipinski definition) is 3. The summed E-state index contributed by atoms with van der Waals surface area (Å²) in [7, 11) is -4.44. The predicted molar refractivity (Wildman–Crippen MR) is 247 cm³/mol. The van der Waals surface area contributed by atoms with Gasteiger partial charge in [-0.2, -0.15) is 0 Å². The highest BCUT2D eigenvalue weighted by Crippen LogP contribution is 2.42. The van der Waals surface area contributed by atoms with Crippen molar-refractivity contribution in [2.24, 2.45) is 0 Å². The number of ether oxygens (including phenoxy) is 1. The van der Waals surface area contributed by atoms with E-state index in [1.807, 2.05) is 12.2 Å². The van der Waals surface area contributed by atoms with Gasteiger partial charge in [-0.1, -0.05) is 176 Å². The summed E-state index contributed by atoms with van der Waals surface area (Å²) in [5.41, 5.74) is 0. The summed E-state index contributed by atoms with van der Waals surface area (Å²) in [5.74, 6) is -0.609. The van der Waals surface area contributed by atoms with Gasteiger partial charge in [0.25, 0.3) is 0 Å². The van der Waals surface area contributed by atoms with Gasteiger partial charge in [0, 0.05) is 19.4 Å². The van der Waals surface area contributed by atoms with E-state index in [9.17, 15) is 24.2 Å². The Morgan fingerprint density at radius 3 is 1.49 bits per heavy atom. The number of esters is 1. The van der Waals surface area contributed by atoms with Gasteiger partial charge in [-0.15, -0.1) is 0 Å². The number of carbonyl (C=O) groups is 2. The lowest BCUT2D eigenvalue weighted by atomic mass is 10.1. The molecule has 0 radical (unpaired) electrons. The van der Waals surface area contributed by atoms with E-state index in [0.29, 0.717) is 12.8 Å². The van der Waals surface area contributed by atoms with Crippen LogP contribution in [0, 0.1) is 0 Å². The molecule has 59 heavy (non-hydrogen) atoms. The average Bonchev–Trinajstić information content (AvgIpc) is 3.22. The molecule has 0 aromatic heterocycles. The molecule has 0 fully saturated rings. The van der Waals surface area contributed by atoms with Crippen LogP contribution >= 0.6 is 7.82 Å². The Bertz CT molecular complexity index is 1240. The minimum atomic E-state index is -4.44. The van der Waals surface area contributed by atoms with E-state index < -0.39 is 26.5 Å². The largest absolute Gasteiger partial charge is 0.472 e. The quantitative estimate of drug-likeness (QED) is 0.0240.